The Morgan fingerprint density at radius 1 is 1.18 bits per heavy atom. The first-order chi connectivity index (χ1) is 7.95. The molecule has 0 spiro atoms. The molecule has 0 aromatic heterocycles. The third-order valence-electron chi connectivity index (χ3n) is 3.23. The molecule has 0 bridgehead atoms. The van der Waals surface area contributed by atoms with Crippen LogP contribution in [0.15, 0.2) is 12.1 Å². The second kappa shape index (κ2) is 6.10. The fourth-order valence-corrected chi connectivity index (χ4v) is 2.06. The number of nitrogens with zero attached hydrogens (tertiary/aromatic N) is 1. The predicted octanol–water partition coefficient (Wildman–Crippen LogP) is 2.54. The van der Waals surface area contributed by atoms with Crippen LogP contribution in [0.4, 0.5) is 0 Å². The zero-order valence-corrected chi connectivity index (χ0v) is 12.0. The Kier molecular flexibility index (Phi) is 5.06. The number of amides is 1. The number of hydrogen-bond donors (Lipinski definition) is 1. The fourth-order valence-electron chi connectivity index (χ4n) is 1.82. The minimum atomic E-state index is 0.0785. The van der Waals surface area contributed by atoms with Crippen LogP contribution >= 0.6 is 12.6 Å². The van der Waals surface area contributed by atoms with Crippen molar-refractivity contribution in [2.24, 2.45) is 0 Å². The number of benzene rings is 1. The molecule has 1 aromatic carbocycles. The summed E-state index contributed by atoms with van der Waals surface area (Å²) in [6.07, 6.45) is 0.906. The Morgan fingerprint density at radius 3 is 2.35 bits per heavy atom. The molecule has 0 radical (unpaired) electrons. The molecule has 0 saturated heterocycles. The van der Waals surface area contributed by atoms with Gasteiger partial charge >= 0.3 is 0 Å². The van der Waals surface area contributed by atoms with Gasteiger partial charge in [-0.1, -0.05) is 12.1 Å². The Hall–Kier alpha value is -0.960. The number of hydrogen-bond acceptors (Lipinski definition) is 2. The zero-order valence-electron chi connectivity index (χ0n) is 11.1. The highest BCUT2D eigenvalue weighted by molar-refractivity contribution is 7.81. The average Bonchev–Trinajstić information content (AvgIpc) is 2.30. The third-order valence-corrected chi connectivity index (χ3v) is 3.50. The van der Waals surface area contributed by atoms with Gasteiger partial charge in [0.2, 0.25) is 5.91 Å². The van der Waals surface area contributed by atoms with Crippen LogP contribution < -0.4 is 0 Å². The minimum absolute atomic E-state index is 0.0785. The molecule has 0 N–H and O–H groups in total. The smallest absolute Gasteiger partial charge is 0.232 e. The SMILES string of the molecule is Cc1cc(C)c(CCN(C)C(=O)CS)cc1C. The molecule has 0 aliphatic heterocycles. The van der Waals surface area contributed by atoms with Crippen molar-refractivity contribution >= 4 is 18.5 Å². The molecule has 0 atom stereocenters. The van der Waals surface area contributed by atoms with Crippen molar-refractivity contribution in [1.29, 1.82) is 0 Å². The number of likely N-dealkylation sites (N-methyl/N-ethyl adjacent to an activating group) is 1. The van der Waals surface area contributed by atoms with Crippen molar-refractivity contribution in [3.63, 3.8) is 0 Å². The van der Waals surface area contributed by atoms with E-state index in [1.165, 1.54) is 22.3 Å². The molecule has 0 aliphatic rings. The Labute approximate surface area is 109 Å². The summed E-state index contributed by atoms with van der Waals surface area (Å²) in [5.74, 6) is 0.359. The van der Waals surface area contributed by atoms with Crippen LogP contribution in [-0.2, 0) is 11.2 Å². The second-order valence-corrected chi connectivity index (χ2v) is 4.90. The predicted molar refractivity (Wildman–Crippen MR) is 75.8 cm³/mol. The number of carbonyl (C=O) groups is 1. The monoisotopic (exact) mass is 251 g/mol. The Balaban J connectivity index is 2.70. The van der Waals surface area contributed by atoms with Crippen LogP contribution in [0.1, 0.15) is 22.3 Å². The maximum atomic E-state index is 11.4. The Morgan fingerprint density at radius 2 is 1.76 bits per heavy atom. The van der Waals surface area contributed by atoms with Crippen LogP contribution in [-0.4, -0.2) is 30.2 Å². The van der Waals surface area contributed by atoms with E-state index in [9.17, 15) is 4.79 Å². The molecule has 0 unspecified atom stereocenters. The first-order valence-corrected chi connectivity index (χ1v) is 6.50. The number of thiol groups is 1. The summed E-state index contributed by atoms with van der Waals surface area (Å²) < 4.78 is 0. The van der Waals surface area contributed by atoms with Crippen LogP contribution in [0.25, 0.3) is 0 Å². The van der Waals surface area contributed by atoms with Crippen LogP contribution in [0.3, 0.4) is 0 Å². The van der Waals surface area contributed by atoms with Crippen LogP contribution in [0, 0.1) is 20.8 Å². The standard InChI is InChI=1S/C14H21NOS/c1-10-7-12(3)13(8-11(10)2)5-6-15(4)14(16)9-17/h7-8,17H,5-6,9H2,1-4H3. The van der Waals surface area contributed by atoms with Gasteiger partial charge in [-0.15, -0.1) is 0 Å². The summed E-state index contributed by atoms with van der Waals surface area (Å²) in [6.45, 7) is 7.13. The lowest BCUT2D eigenvalue weighted by Crippen LogP contribution is -2.29. The van der Waals surface area contributed by atoms with Crippen LogP contribution in [0.2, 0.25) is 0 Å². The van der Waals surface area contributed by atoms with Gasteiger partial charge in [-0.05, 0) is 49.4 Å². The van der Waals surface area contributed by atoms with Gasteiger partial charge in [-0.3, -0.25) is 4.79 Å². The van der Waals surface area contributed by atoms with Gasteiger partial charge in [0.05, 0.1) is 5.75 Å². The molecular weight excluding hydrogens is 230 g/mol. The van der Waals surface area contributed by atoms with Crippen molar-refractivity contribution in [2.75, 3.05) is 19.3 Å². The molecular formula is C14H21NOS. The van der Waals surface area contributed by atoms with E-state index in [0.29, 0.717) is 0 Å². The van der Waals surface area contributed by atoms with Gasteiger partial charge in [0.1, 0.15) is 0 Å². The van der Waals surface area contributed by atoms with Crippen LogP contribution in [0.5, 0.6) is 0 Å². The molecule has 17 heavy (non-hydrogen) atoms. The highest BCUT2D eigenvalue weighted by Gasteiger charge is 2.08. The van der Waals surface area contributed by atoms with Gasteiger partial charge in [0, 0.05) is 13.6 Å². The van der Waals surface area contributed by atoms with Gasteiger partial charge < -0.3 is 4.90 Å². The lowest BCUT2D eigenvalue weighted by molar-refractivity contribution is -0.127. The molecule has 1 amide bonds. The van der Waals surface area contributed by atoms with Crippen molar-refractivity contribution < 1.29 is 4.79 Å². The van der Waals surface area contributed by atoms with E-state index in [1.54, 1.807) is 4.90 Å². The fraction of sp³-hybridized carbons (Fsp3) is 0.500. The largest absolute Gasteiger partial charge is 0.345 e. The summed E-state index contributed by atoms with van der Waals surface area (Å²) in [5.41, 5.74) is 5.27. The van der Waals surface area contributed by atoms with Gasteiger partial charge in [0.25, 0.3) is 0 Å². The Bertz CT molecular complexity index is 415. The summed E-state index contributed by atoms with van der Waals surface area (Å²) >= 11 is 3.99. The second-order valence-electron chi connectivity index (χ2n) is 4.59. The average molecular weight is 251 g/mol. The summed E-state index contributed by atoms with van der Waals surface area (Å²) in [6, 6.07) is 4.44. The molecule has 1 rings (SSSR count). The molecule has 0 heterocycles. The molecule has 0 aliphatic carbocycles. The van der Waals surface area contributed by atoms with E-state index < -0.39 is 0 Å². The highest BCUT2D eigenvalue weighted by Crippen LogP contribution is 2.16. The van der Waals surface area contributed by atoms with E-state index in [1.807, 2.05) is 7.05 Å². The van der Waals surface area contributed by atoms with Crippen molar-refractivity contribution in [3.05, 3.63) is 34.4 Å². The van der Waals surface area contributed by atoms with E-state index in [2.05, 4.69) is 45.5 Å². The molecule has 94 valence electrons. The first-order valence-electron chi connectivity index (χ1n) is 5.87. The molecule has 0 fully saturated rings. The van der Waals surface area contributed by atoms with Gasteiger partial charge in [-0.2, -0.15) is 12.6 Å². The lowest BCUT2D eigenvalue weighted by atomic mass is 9.99. The molecule has 0 saturated carbocycles. The molecule has 1 aromatic rings. The van der Waals surface area contributed by atoms with Crippen molar-refractivity contribution in [2.45, 2.75) is 27.2 Å². The lowest BCUT2D eigenvalue weighted by Gasteiger charge is -2.17. The number of aryl methyl sites for hydroxylation is 3. The normalized spacial score (nSPS) is 10.4. The molecule has 3 heteroatoms. The topological polar surface area (TPSA) is 20.3 Å². The van der Waals surface area contributed by atoms with Gasteiger partial charge in [0.15, 0.2) is 0 Å². The summed E-state index contributed by atoms with van der Waals surface area (Å²) in [4.78, 5) is 13.1. The highest BCUT2D eigenvalue weighted by atomic mass is 32.1. The maximum absolute atomic E-state index is 11.4. The van der Waals surface area contributed by atoms with Crippen molar-refractivity contribution in [3.8, 4) is 0 Å². The number of rotatable bonds is 4. The van der Waals surface area contributed by atoms with E-state index in [4.69, 9.17) is 0 Å². The maximum Gasteiger partial charge on any atom is 0.232 e. The number of carbonyl (C=O) groups excluding carboxylic acids is 1. The third kappa shape index (κ3) is 3.77. The minimum Gasteiger partial charge on any atom is -0.345 e. The van der Waals surface area contributed by atoms with Gasteiger partial charge in [-0.25, -0.2) is 0 Å². The summed E-state index contributed by atoms with van der Waals surface area (Å²) in [7, 11) is 1.83. The van der Waals surface area contributed by atoms with Crippen molar-refractivity contribution in [1.82, 2.24) is 4.90 Å². The van der Waals surface area contributed by atoms with E-state index in [0.717, 1.165) is 13.0 Å². The summed E-state index contributed by atoms with van der Waals surface area (Å²) in [5, 5.41) is 0. The van der Waals surface area contributed by atoms with E-state index >= 15 is 0 Å². The molecule has 2 nitrogen and oxygen atoms in total. The van der Waals surface area contributed by atoms with E-state index in [-0.39, 0.29) is 11.7 Å². The quantitative estimate of drug-likeness (QED) is 0.815. The first kappa shape index (κ1) is 14.1. The zero-order chi connectivity index (χ0) is 13.0.